The van der Waals surface area contributed by atoms with Gasteiger partial charge in [0.25, 0.3) is 0 Å². The molecule has 0 aliphatic carbocycles. The molecule has 0 N–H and O–H groups in total. The molecular weight excluding hydrogens is 350 g/mol. The van der Waals surface area contributed by atoms with Gasteiger partial charge in [-0.25, -0.2) is 4.21 Å². The monoisotopic (exact) mass is 375 g/mol. The lowest BCUT2D eigenvalue weighted by Crippen LogP contribution is -2.54. The minimum Gasteiger partial charge on any atom is -0.372 e. The third kappa shape index (κ3) is 3.84. The topological polar surface area (TPSA) is 67.9 Å². The van der Waals surface area contributed by atoms with E-state index in [-0.39, 0.29) is 5.60 Å². The summed E-state index contributed by atoms with van der Waals surface area (Å²) in [5.41, 5.74) is 2.68. The van der Waals surface area contributed by atoms with Gasteiger partial charge in [-0.1, -0.05) is 23.4 Å². The first-order valence-electron chi connectivity index (χ1n) is 9.10. The van der Waals surface area contributed by atoms with Crippen molar-refractivity contribution in [2.24, 2.45) is 4.36 Å². The molecule has 0 bridgehead atoms. The maximum absolute atomic E-state index is 13.1. The quantitative estimate of drug-likeness (QED) is 0.824. The zero-order valence-electron chi connectivity index (χ0n) is 15.1. The molecule has 2 saturated heterocycles. The van der Waals surface area contributed by atoms with Gasteiger partial charge in [0, 0.05) is 36.7 Å². The van der Waals surface area contributed by atoms with Crippen LogP contribution in [-0.4, -0.2) is 51.1 Å². The van der Waals surface area contributed by atoms with E-state index in [0.29, 0.717) is 18.1 Å². The standard InChI is InChI=1S/C19H25N3O3S/c1-16-17(14-25-20-16)13-22-9-10-24-19(15-22)7-11-26(23,12-8-19)21-18-5-3-2-4-6-18/h2-6,14H,7-13,15H2,1H3. The van der Waals surface area contributed by atoms with Gasteiger partial charge in [-0.3, -0.25) is 4.90 Å². The Hall–Kier alpha value is -1.70. The summed E-state index contributed by atoms with van der Waals surface area (Å²) in [6.07, 6.45) is 3.31. The summed E-state index contributed by atoms with van der Waals surface area (Å²) >= 11 is 0. The van der Waals surface area contributed by atoms with Crippen LogP contribution in [0.3, 0.4) is 0 Å². The van der Waals surface area contributed by atoms with Gasteiger partial charge in [0.1, 0.15) is 6.26 Å². The maximum Gasteiger partial charge on any atom is 0.128 e. The van der Waals surface area contributed by atoms with E-state index in [4.69, 9.17) is 9.26 Å². The summed E-state index contributed by atoms with van der Waals surface area (Å²) in [6.45, 7) is 5.26. The second-order valence-electron chi connectivity index (χ2n) is 7.27. The van der Waals surface area contributed by atoms with Gasteiger partial charge in [0.05, 0.1) is 33.3 Å². The third-order valence-corrected chi connectivity index (χ3v) is 7.58. The molecule has 2 aromatic rings. The molecular formula is C19H25N3O3S. The normalized spacial score (nSPS) is 29.7. The Morgan fingerprint density at radius 2 is 2.04 bits per heavy atom. The lowest BCUT2D eigenvalue weighted by atomic mass is 9.94. The fourth-order valence-electron chi connectivity index (χ4n) is 3.76. The highest BCUT2D eigenvalue weighted by Crippen LogP contribution is 2.33. The Labute approximate surface area is 154 Å². The number of aromatic nitrogens is 1. The summed E-state index contributed by atoms with van der Waals surface area (Å²) in [5.74, 6) is 1.20. The third-order valence-electron chi connectivity index (χ3n) is 5.35. The summed E-state index contributed by atoms with van der Waals surface area (Å²) in [6, 6.07) is 9.64. The molecule has 26 heavy (non-hydrogen) atoms. The molecule has 0 saturated carbocycles. The van der Waals surface area contributed by atoms with Gasteiger partial charge in [0.2, 0.25) is 0 Å². The molecule has 0 radical (unpaired) electrons. The molecule has 1 aromatic carbocycles. The van der Waals surface area contributed by atoms with E-state index >= 15 is 0 Å². The Balaban J connectivity index is 1.43. The van der Waals surface area contributed by atoms with Crippen LogP contribution in [-0.2, 0) is 21.0 Å². The largest absolute Gasteiger partial charge is 0.372 e. The summed E-state index contributed by atoms with van der Waals surface area (Å²) in [4.78, 5) is 2.39. The van der Waals surface area contributed by atoms with Crippen LogP contribution in [0.25, 0.3) is 0 Å². The predicted molar refractivity (Wildman–Crippen MR) is 101 cm³/mol. The molecule has 0 unspecified atom stereocenters. The maximum atomic E-state index is 13.1. The van der Waals surface area contributed by atoms with Crippen LogP contribution in [0.5, 0.6) is 0 Å². The second kappa shape index (κ2) is 7.13. The molecule has 2 fully saturated rings. The first-order valence-corrected chi connectivity index (χ1v) is 11.0. The number of aryl methyl sites for hydroxylation is 1. The first kappa shape index (κ1) is 17.7. The van der Waals surface area contributed by atoms with Crippen LogP contribution in [0.4, 0.5) is 5.69 Å². The molecule has 0 amide bonds. The average molecular weight is 375 g/mol. The van der Waals surface area contributed by atoms with Crippen LogP contribution in [0.1, 0.15) is 24.1 Å². The summed E-state index contributed by atoms with van der Waals surface area (Å²) < 4.78 is 28.9. The Morgan fingerprint density at radius 1 is 1.27 bits per heavy atom. The Kier molecular flexibility index (Phi) is 4.86. The van der Waals surface area contributed by atoms with Gasteiger partial charge in [-0.05, 0) is 31.9 Å². The molecule has 140 valence electrons. The number of hydrogen-bond acceptors (Lipinski definition) is 6. The average Bonchev–Trinajstić information content (AvgIpc) is 3.04. The van der Waals surface area contributed by atoms with Gasteiger partial charge in [-0.15, -0.1) is 0 Å². The minimum atomic E-state index is -2.19. The molecule has 7 heteroatoms. The second-order valence-corrected chi connectivity index (χ2v) is 9.82. The van der Waals surface area contributed by atoms with E-state index in [1.165, 1.54) is 0 Å². The van der Waals surface area contributed by atoms with E-state index in [2.05, 4.69) is 14.4 Å². The number of morpholine rings is 1. The molecule has 2 aliphatic rings. The minimum absolute atomic E-state index is 0.198. The van der Waals surface area contributed by atoms with Crippen LogP contribution in [0, 0.1) is 6.92 Å². The highest BCUT2D eigenvalue weighted by molar-refractivity contribution is 7.93. The zero-order valence-corrected chi connectivity index (χ0v) is 15.9. The lowest BCUT2D eigenvalue weighted by molar-refractivity contribution is -0.115. The van der Waals surface area contributed by atoms with Crippen LogP contribution < -0.4 is 0 Å². The van der Waals surface area contributed by atoms with Gasteiger partial charge >= 0.3 is 0 Å². The van der Waals surface area contributed by atoms with Crippen molar-refractivity contribution in [3.63, 3.8) is 0 Å². The van der Waals surface area contributed by atoms with Crippen molar-refractivity contribution in [3.8, 4) is 0 Å². The van der Waals surface area contributed by atoms with E-state index in [1.807, 2.05) is 37.3 Å². The fraction of sp³-hybridized carbons (Fsp3) is 0.526. The lowest BCUT2D eigenvalue weighted by Gasteiger charge is -2.45. The Morgan fingerprint density at radius 3 is 2.73 bits per heavy atom. The van der Waals surface area contributed by atoms with Gasteiger partial charge < -0.3 is 9.26 Å². The molecule has 1 aromatic heterocycles. The van der Waals surface area contributed by atoms with E-state index in [0.717, 1.165) is 49.4 Å². The summed E-state index contributed by atoms with van der Waals surface area (Å²) in [7, 11) is -2.19. The number of rotatable bonds is 3. The van der Waals surface area contributed by atoms with Crippen molar-refractivity contribution in [2.75, 3.05) is 31.2 Å². The number of ether oxygens (including phenoxy) is 1. The van der Waals surface area contributed by atoms with Crippen LogP contribution in [0.2, 0.25) is 0 Å². The molecule has 3 heterocycles. The predicted octanol–water partition coefficient (Wildman–Crippen LogP) is 3.15. The first-order chi connectivity index (χ1) is 12.6. The van der Waals surface area contributed by atoms with E-state index in [1.54, 1.807) is 6.26 Å². The van der Waals surface area contributed by atoms with Crippen LogP contribution >= 0.6 is 0 Å². The van der Waals surface area contributed by atoms with Gasteiger partial charge in [-0.2, -0.15) is 4.36 Å². The van der Waals surface area contributed by atoms with Crippen molar-refractivity contribution < 1.29 is 13.5 Å². The molecule has 2 aliphatic heterocycles. The number of hydrogen-bond donors (Lipinski definition) is 0. The highest BCUT2D eigenvalue weighted by Gasteiger charge is 2.41. The van der Waals surface area contributed by atoms with Crippen molar-refractivity contribution in [3.05, 3.63) is 47.9 Å². The van der Waals surface area contributed by atoms with Crippen molar-refractivity contribution in [1.82, 2.24) is 10.1 Å². The SMILES string of the molecule is Cc1nocc1CN1CCOC2(CCS(=O)(=Nc3ccccc3)CC2)C1. The fourth-order valence-corrected chi connectivity index (χ4v) is 6.03. The summed E-state index contributed by atoms with van der Waals surface area (Å²) in [5, 5.41) is 3.96. The molecule has 6 nitrogen and oxygen atoms in total. The smallest absolute Gasteiger partial charge is 0.128 e. The van der Waals surface area contributed by atoms with Crippen molar-refractivity contribution in [1.29, 1.82) is 0 Å². The van der Waals surface area contributed by atoms with Gasteiger partial charge in [0.15, 0.2) is 0 Å². The van der Waals surface area contributed by atoms with Crippen molar-refractivity contribution in [2.45, 2.75) is 31.9 Å². The number of benzene rings is 1. The molecule has 0 atom stereocenters. The van der Waals surface area contributed by atoms with E-state index < -0.39 is 9.73 Å². The Bertz CT molecular complexity index is 857. The van der Waals surface area contributed by atoms with Crippen LogP contribution in [0.15, 0.2) is 45.5 Å². The zero-order chi connectivity index (χ0) is 18.0. The number of nitrogens with zero attached hydrogens (tertiary/aromatic N) is 3. The highest BCUT2D eigenvalue weighted by atomic mass is 32.2. The van der Waals surface area contributed by atoms with E-state index in [9.17, 15) is 4.21 Å². The molecule has 4 rings (SSSR count). The molecule has 1 spiro atoms. The van der Waals surface area contributed by atoms with Crippen molar-refractivity contribution >= 4 is 15.4 Å².